The Bertz CT molecular complexity index is 849. The van der Waals surface area contributed by atoms with Crippen molar-refractivity contribution in [2.45, 2.75) is 25.2 Å². The quantitative estimate of drug-likeness (QED) is 0.762. The zero-order valence-corrected chi connectivity index (χ0v) is 14.2. The third kappa shape index (κ3) is 3.07. The Morgan fingerprint density at radius 1 is 0.960 bits per heavy atom. The van der Waals surface area contributed by atoms with E-state index >= 15 is 0 Å². The maximum Gasteiger partial charge on any atom is 0.123 e. The normalized spacial score (nSPS) is 16.7. The highest BCUT2D eigenvalue weighted by Crippen LogP contribution is 2.37. The first-order chi connectivity index (χ1) is 12.2. The van der Waals surface area contributed by atoms with Crippen molar-refractivity contribution in [1.29, 1.82) is 0 Å². The van der Waals surface area contributed by atoms with Gasteiger partial charge in [-0.15, -0.1) is 0 Å². The smallest absolute Gasteiger partial charge is 0.123 e. The van der Waals surface area contributed by atoms with Crippen molar-refractivity contribution in [3.63, 3.8) is 0 Å². The van der Waals surface area contributed by atoms with Crippen LogP contribution in [0, 0.1) is 5.82 Å². The standard InChI is InChI=1S/C20H21FN4/c1-20(8-12-23-13-9-20)19-24-17(14-2-4-16(21)5-3-14)18(25-19)15-6-10-22-11-7-15/h2-7,10-11,23H,8-9,12-13H2,1H3,(H,24,25). The maximum atomic E-state index is 13.3. The summed E-state index contributed by atoms with van der Waals surface area (Å²) in [5.41, 5.74) is 3.79. The molecule has 2 N–H and O–H groups in total. The topological polar surface area (TPSA) is 53.6 Å². The van der Waals surface area contributed by atoms with Crippen LogP contribution < -0.4 is 5.32 Å². The van der Waals surface area contributed by atoms with Crippen LogP contribution in [0.25, 0.3) is 22.5 Å². The zero-order valence-electron chi connectivity index (χ0n) is 14.2. The van der Waals surface area contributed by atoms with Crippen LogP contribution in [0.5, 0.6) is 0 Å². The average Bonchev–Trinajstić information content (AvgIpc) is 3.10. The van der Waals surface area contributed by atoms with Gasteiger partial charge < -0.3 is 10.3 Å². The molecule has 2 aromatic heterocycles. The van der Waals surface area contributed by atoms with Crippen LogP contribution in [0.2, 0.25) is 0 Å². The zero-order chi connectivity index (χ0) is 17.3. The molecule has 0 bridgehead atoms. The fraction of sp³-hybridized carbons (Fsp3) is 0.300. The predicted octanol–water partition coefficient (Wildman–Crippen LogP) is 3.92. The van der Waals surface area contributed by atoms with Crippen LogP contribution >= 0.6 is 0 Å². The summed E-state index contributed by atoms with van der Waals surface area (Å²) >= 11 is 0. The summed E-state index contributed by atoms with van der Waals surface area (Å²) in [7, 11) is 0. The molecular formula is C20H21FN4. The predicted molar refractivity (Wildman–Crippen MR) is 96.7 cm³/mol. The van der Waals surface area contributed by atoms with Gasteiger partial charge in [0.1, 0.15) is 11.6 Å². The lowest BCUT2D eigenvalue weighted by atomic mass is 9.80. The van der Waals surface area contributed by atoms with E-state index < -0.39 is 0 Å². The molecule has 0 aliphatic carbocycles. The van der Waals surface area contributed by atoms with Crippen LogP contribution in [0.3, 0.4) is 0 Å². The number of pyridine rings is 1. The van der Waals surface area contributed by atoms with Gasteiger partial charge in [-0.3, -0.25) is 4.98 Å². The molecule has 0 unspecified atom stereocenters. The van der Waals surface area contributed by atoms with E-state index in [-0.39, 0.29) is 11.2 Å². The van der Waals surface area contributed by atoms with E-state index in [1.165, 1.54) is 12.1 Å². The van der Waals surface area contributed by atoms with Gasteiger partial charge in [0, 0.05) is 28.9 Å². The molecule has 1 aliphatic rings. The van der Waals surface area contributed by atoms with E-state index in [4.69, 9.17) is 4.98 Å². The second-order valence-corrected chi connectivity index (χ2v) is 6.86. The number of hydrogen-bond acceptors (Lipinski definition) is 3. The molecule has 3 aromatic rings. The molecule has 1 aliphatic heterocycles. The van der Waals surface area contributed by atoms with Crippen molar-refractivity contribution < 1.29 is 4.39 Å². The van der Waals surface area contributed by atoms with Crippen LogP contribution in [0.1, 0.15) is 25.6 Å². The molecule has 0 amide bonds. The van der Waals surface area contributed by atoms with E-state index in [0.29, 0.717) is 0 Å². The Hall–Kier alpha value is -2.53. The van der Waals surface area contributed by atoms with Gasteiger partial charge in [0.2, 0.25) is 0 Å². The molecule has 0 saturated carbocycles. The average molecular weight is 336 g/mol. The van der Waals surface area contributed by atoms with Crippen LogP contribution in [0.4, 0.5) is 4.39 Å². The number of hydrogen-bond donors (Lipinski definition) is 2. The van der Waals surface area contributed by atoms with Crippen molar-refractivity contribution >= 4 is 0 Å². The Kier molecular flexibility index (Phi) is 4.09. The number of piperidine rings is 1. The molecule has 128 valence electrons. The first kappa shape index (κ1) is 16.0. The summed E-state index contributed by atoms with van der Waals surface area (Å²) in [6, 6.07) is 10.5. The van der Waals surface area contributed by atoms with Crippen molar-refractivity contribution in [1.82, 2.24) is 20.3 Å². The highest BCUT2D eigenvalue weighted by atomic mass is 19.1. The molecule has 0 radical (unpaired) electrons. The number of nitrogens with zero attached hydrogens (tertiary/aromatic N) is 2. The SMILES string of the molecule is CC1(c2nc(-c3ccc(F)cc3)c(-c3ccncc3)[nH]2)CCNCC1. The Morgan fingerprint density at radius 2 is 1.64 bits per heavy atom. The summed E-state index contributed by atoms with van der Waals surface area (Å²) in [5, 5.41) is 3.41. The molecule has 3 heterocycles. The third-order valence-electron chi connectivity index (χ3n) is 5.07. The highest BCUT2D eigenvalue weighted by Gasteiger charge is 2.33. The first-order valence-electron chi connectivity index (χ1n) is 8.63. The molecule has 0 spiro atoms. The third-order valence-corrected chi connectivity index (χ3v) is 5.07. The van der Waals surface area contributed by atoms with E-state index in [2.05, 4.69) is 22.2 Å². The summed E-state index contributed by atoms with van der Waals surface area (Å²) in [5.74, 6) is 0.760. The Labute approximate surface area is 146 Å². The molecule has 25 heavy (non-hydrogen) atoms. The van der Waals surface area contributed by atoms with Crippen molar-refractivity contribution in [2.75, 3.05) is 13.1 Å². The van der Waals surface area contributed by atoms with Gasteiger partial charge in [0.15, 0.2) is 0 Å². The van der Waals surface area contributed by atoms with E-state index in [9.17, 15) is 4.39 Å². The minimum Gasteiger partial charge on any atom is -0.341 e. The van der Waals surface area contributed by atoms with Crippen molar-refractivity contribution in [3.05, 3.63) is 60.4 Å². The lowest BCUT2D eigenvalue weighted by molar-refractivity contribution is 0.321. The number of aromatic amines is 1. The second-order valence-electron chi connectivity index (χ2n) is 6.86. The first-order valence-corrected chi connectivity index (χ1v) is 8.63. The lowest BCUT2D eigenvalue weighted by Gasteiger charge is -2.32. The van der Waals surface area contributed by atoms with Gasteiger partial charge in [0.05, 0.1) is 11.4 Å². The number of halogens is 1. The van der Waals surface area contributed by atoms with Gasteiger partial charge in [-0.05, 0) is 62.3 Å². The van der Waals surface area contributed by atoms with Gasteiger partial charge in [-0.1, -0.05) is 6.92 Å². The fourth-order valence-electron chi connectivity index (χ4n) is 3.42. The molecule has 4 rings (SSSR count). The summed E-state index contributed by atoms with van der Waals surface area (Å²) in [6.07, 6.45) is 5.63. The minimum absolute atomic E-state index is 0.0192. The summed E-state index contributed by atoms with van der Waals surface area (Å²) in [6.45, 7) is 4.25. The molecule has 1 aromatic carbocycles. The monoisotopic (exact) mass is 336 g/mol. The van der Waals surface area contributed by atoms with Crippen LogP contribution in [-0.2, 0) is 5.41 Å². The summed E-state index contributed by atoms with van der Waals surface area (Å²) < 4.78 is 13.3. The molecule has 1 saturated heterocycles. The number of nitrogens with one attached hydrogen (secondary N) is 2. The lowest BCUT2D eigenvalue weighted by Crippen LogP contribution is -2.38. The largest absolute Gasteiger partial charge is 0.341 e. The van der Waals surface area contributed by atoms with Gasteiger partial charge >= 0.3 is 0 Å². The van der Waals surface area contributed by atoms with Crippen molar-refractivity contribution in [3.8, 4) is 22.5 Å². The number of imidazole rings is 1. The molecule has 4 nitrogen and oxygen atoms in total. The highest BCUT2D eigenvalue weighted by molar-refractivity contribution is 5.78. The molecule has 0 atom stereocenters. The van der Waals surface area contributed by atoms with Crippen LogP contribution in [-0.4, -0.2) is 28.0 Å². The van der Waals surface area contributed by atoms with Gasteiger partial charge in [0.25, 0.3) is 0 Å². The fourth-order valence-corrected chi connectivity index (χ4v) is 3.42. The second kappa shape index (κ2) is 6.41. The van der Waals surface area contributed by atoms with Crippen LogP contribution in [0.15, 0.2) is 48.8 Å². The van der Waals surface area contributed by atoms with E-state index in [0.717, 1.165) is 54.3 Å². The number of H-pyrrole nitrogens is 1. The molecule has 5 heteroatoms. The van der Waals surface area contributed by atoms with E-state index in [1.807, 2.05) is 12.1 Å². The minimum atomic E-state index is -0.240. The molecular weight excluding hydrogens is 315 g/mol. The summed E-state index contributed by atoms with van der Waals surface area (Å²) in [4.78, 5) is 12.6. The Morgan fingerprint density at radius 3 is 2.32 bits per heavy atom. The number of benzene rings is 1. The molecule has 1 fully saturated rings. The number of aromatic nitrogens is 3. The van der Waals surface area contributed by atoms with Gasteiger partial charge in [-0.2, -0.15) is 0 Å². The van der Waals surface area contributed by atoms with Crippen molar-refractivity contribution in [2.24, 2.45) is 0 Å². The van der Waals surface area contributed by atoms with Gasteiger partial charge in [-0.25, -0.2) is 9.37 Å². The number of rotatable bonds is 3. The van der Waals surface area contributed by atoms with E-state index in [1.54, 1.807) is 24.5 Å². The Balaban J connectivity index is 1.85. The maximum absolute atomic E-state index is 13.3.